The van der Waals surface area contributed by atoms with Gasteiger partial charge in [0.15, 0.2) is 11.4 Å². The molecule has 0 saturated carbocycles. The van der Waals surface area contributed by atoms with Gasteiger partial charge in [0, 0.05) is 11.8 Å². The molecule has 0 spiro atoms. The number of carboxylic acids is 1. The van der Waals surface area contributed by atoms with Gasteiger partial charge in [0.1, 0.15) is 0 Å². The summed E-state index contributed by atoms with van der Waals surface area (Å²) in [7, 11) is 1.19. The highest BCUT2D eigenvalue weighted by atomic mass is 19.3. The number of alkyl halides is 2. The van der Waals surface area contributed by atoms with E-state index < -0.39 is 12.4 Å². The van der Waals surface area contributed by atoms with Crippen LogP contribution in [0.2, 0.25) is 0 Å². The molecule has 0 aromatic carbocycles. The fraction of sp³-hybridized carbons (Fsp3) is 0.250. The van der Waals surface area contributed by atoms with Crippen LogP contribution in [0, 0.1) is 0 Å². The predicted molar refractivity (Wildman–Crippen MR) is 42.7 cm³/mol. The number of nitrogens with zero attached hydrogens (tertiary/aromatic N) is 1. The van der Waals surface area contributed by atoms with Crippen molar-refractivity contribution in [1.82, 2.24) is 4.98 Å². The Hall–Kier alpha value is -1.72. The van der Waals surface area contributed by atoms with E-state index in [-0.39, 0.29) is 17.0 Å². The minimum absolute atomic E-state index is 0.171. The van der Waals surface area contributed by atoms with Crippen molar-refractivity contribution >= 4 is 5.97 Å². The Kier molecular flexibility index (Phi) is 2.95. The van der Waals surface area contributed by atoms with E-state index in [1.54, 1.807) is 0 Å². The smallest absolute Gasteiger partial charge is 0.358 e. The van der Waals surface area contributed by atoms with Gasteiger partial charge in [0.2, 0.25) is 0 Å². The van der Waals surface area contributed by atoms with Gasteiger partial charge >= 0.3 is 5.97 Å². The van der Waals surface area contributed by atoms with Gasteiger partial charge in [-0.15, -0.1) is 0 Å². The molecule has 1 aromatic rings. The first kappa shape index (κ1) is 10.4. The number of pyridine rings is 1. The first-order chi connectivity index (χ1) is 6.56. The SMILES string of the molecule is COc1cc(C(F)F)cnc1C(=O)O. The average molecular weight is 203 g/mol. The van der Waals surface area contributed by atoms with Gasteiger partial charge in [-0.25, -0.2) is 18.6 Å². The highest BCUT2D eigenvalue weighted by Gasteiger charge is 2.16. The number of aromatic nitrogens is 1. The standard InChI is InChI=1S/C8H7F2NO3/c1-14-5-2-4(7(9)10)3-11-6(5)8(12)13/h2-3,7H,1H3,(H,12,13). The summed E-state index contributed by atoms with van der Waals surface area (Å²) < 4.78 is 29.0. The van der Waals surface area contributed by atoms with Gasteiger partial charge in [-0.2, -0.15) is 0 Å². The highest BCUT2D eigenvalue weighted by molar-refractivity contribution is 5.88. The first-order valence-corrected chi connectivity index (χ1v) is 3.61. The largest absolute Gasteiger partial charge is 0.494 e. The Morgan fingerprint density at radius 2 is 2.29 bits per heavy atom. The third-order valence-electron chi connectivity index (χ3n) is 1.55. The summed E-state index contributed by atoms with van der Waals surface area (Å²) in [4.78, 5) is 13.9. The fourth-order valence-corrected chi connectivity index (χ4v) is 0.895. The summed E-state index contributed by atoms with van der Waals surface area (Å²) in [6.45, 7) is 0. The molecule has 0 atom stereocenters. The zero-order valence-corrected chi connectivity index (χ0v) is 7.20. The van der Waals surface area contributed by atoms with Crippen LogP contribution in [-0.4, -0.2) is 23.2 Å². The van der Waals surface area contributed by atoms with Crippen molar-refractivity contribution in [3.8, 4) is 5.75 Å². The minimum atomic E-state index is -2.70. The Labute approximate surface area is 78.1 Å². The number of rotatable bonds is 3. The monoisotopic (exact) mass is 203 g/mol. The Bertz CT molecular complexity index is 354. The maximum atomic E-state index is 12.2. The zero-order valence-electron chi connectivity index (χ0n) is 7.20. The molecule has 0 aliphatic rings. The zero-order chi connectivity index (χ0) is 10.7. The average Bonchev–Trinajstić information content (AvgIpc) is 2.16. The van der Waals surface area contributed by atoms with Gasteiger partial charge in [-0.1, -0.05) is 0 Å². The van der Waals surface area contributed by atoms with Crippen LogP contribution in [0.1, 0.15) is 22.5 Å². The van der Waals surface area contributed by atoms with Gasteiger partial charge in [-0.3, -0.25) is 0 Å². The molecule has 0 saturated heterocycles. The van der Waals surface area contributed by atoms with Crippen LogP contribution in [0.4, 0.5) is 8.78 Å². The Balaban J connectivity index is 3.18. The topological polar surface area (TPSA) is 59.4 Å². The number of ether oxygens (including phenoxy) is 1. The second kappa shape index (κ2) is 3.99. The van der Waals surface area contributed by atoms with Gasteiger partial charge in [-0.05, 0) is 6.07 Å². The molecule has 0 radical (unpaired) electrons. The number of hydrogen-bond acceptors (Lipinski definition) is 3. The molecular weight excluding hydrogens is 196 g/mol. The van der Waals surface area contributed by atoms with Crippen molar-refractivity contribution in [3.63, 3.8) is 0 Å². The van der Waals surface area contributed by atoms with E-state index in [1.165, 1.54) is 7.11 Å². The second-order valence-electron chi connectivity index (χ2n) is 2.43. The summed E-state index contributed by atoms with van der Waals surface area (Å²) in [5, 5.41) is 8.60. The van der Waals surface area contributed by atoms with E-state index in [4.69, 9.17) is 5.11 Å². The molecule has 0 fully saturated rings. The third-order valence-corrected chi connectivity index (χ3v) is 1.55. The number of hydrogen-bond donors (Lipinski definition) is 1. The molecule has 6 heteroatoms. The van der Waals surface area contributed by atoms with Crippen molar-refractivity contribution in [2.45, 2.75) is 6.43 Å². The summed E-state index contributed by atoms with van der Waals surface area (Å²) in [5.41, 5.74) is -0.747. The van der Waals surface area contributed by atoms with E-state index in [2.05, 4.69) is 9.72 Å². The number of carbonyl (C=O) groups is 1. The van der Waals surface area contributed by atoms with Crippen molar-refractivity contribution in [1.29, 1.82) is 0 Å². The Morgan fingerprint density at radius 1 is 1.64 bits per heavy atom. The van der Waals surface area contributed by atoms with Crippen molar-refractivity contribution in [2.24, 2.45) is 0 Å². The number of halogens is 2. The van der Waals surface area contributed by atoms with Crippen LogP contribution in [0.3, 0.4) is 0 Å². The predicted octanol–water partition coefficient (Wildman–Crippen LogP) is 1.73. The molecule has 4 nitrogen and oxygen atoms in total. The molecule has 14 heavy (non-hydrogen) atoms. The summed E-state index contributed by atoms with van der Waals surface area (Å²) in [6, 6.07) is 0.959. The van der Waals surface area contributed by atoms with Crippen LogP contribution in [0.5, 0.6) is 5.75 Å². The molecule has 1 N–H and O–H groups in total. The van der Waals surface area contributed by atoms with Crippen LogP contribution < -0.4 is 4.74 Å². The van der Waals surface area contributed by atoms with Crippen molar-refractivity contribution in [2.75, 3.05) is 7.11 Å². The molecule has 1 aromatic heterocycles. The van der Waals surface area contributed by atoms with Gasteiger partial charge in [0.25, 0.3) is 6.43 Å². The molecule has 0 aliphatic heterocycles. The maximum Gasteiger partial charge on any atom is 0.358 e. The summed E-state index contributed by atoms with van der Waals surface area (Å²) >= 11 is 0. The van der Waals surface area contributed by atoms with Crippen LogP contribution >= 0.6 is 0 Å². The molecule has 0 amide bonds. The van der Waals surface area contributed by atoms with E-state index >= 15 is 0 Å². The fourth-order valence-electron chi connectivity index (χ4n) is 0.895. The molecule has 1 heterocycles. The van der Waals surface area contributed by atoms with Gasteiger partial charge in [0.05, 0.1) is 7.11 Å². The first-order valence-electron chi connectivity index (χ1n) is 3.61. The van der Waals surface area contributed by atoms with E-state index in [9.17, 15) is 13.6 Å². The molecule has 0 aliphatic carbocycles. The minimum Gasteiger partial charge on any atom is -0.494 e. The quantitative estimate of drug-likeness (QED) is 0.812. The molecule has 1 rings (SSSR count). The number of methoxy groups -OCH3 is 1. The van der Waals surface area contributed by atoms with Crippen LogP contribution in [0.15, 0.2) is 12.3 Å². The molecule has 76 valence electrons. The lowest BCUT2D eigenvalue weighted by Gasteiger charge is -2.05. The molecule has 0 unspecified atom stereocenters. The maximum absolute atomic E-state index is 12.2. The van der Waals surface area contributed by atoms with E-state index in [0.29, 0.717) is 0 Å². The Morgan fingerprint density at radius 3 is 2.71 bits per heavy atom. The normalized spacial score (nSPS) is 10.3. The molecule has 0 bridgehead atoms. The molecular formula is C8H7F2NO3. The van der Waals surface area contributed by atoms with Crippen molar-refractivity contribution < 1.29 is 23.4 Å². The highest BCUT2D eigenvalue weighted by Crippen LogP contribution is 2.24. The number of aromatic carboxylic acids is 1. The lowest BCUT2D eigenvalue weighted by Crippen LogP contribution is -2.04. The second-order valence-corrected chi connectivity index (χ2v) is 2.43. The lowest BCUT2D eigenvalue weighted by atomic mass is 10.2. The van der Waals surface area contributed by atoms with E-state index in [0.717, 1.165) is 12.3 Å². The van der Waals surface area contributed by atoms with Gasteiger partial charge < -0.3 is 9.84 Å². The van der Waals surface area contributed by atoms with Crippen LogP contribution in [-0.2, 0) is 0 Å². The number of carboxylic acid groups (broad SMARTS) is 1. The lowest BCUT2D eigenvalue weighted by molar-refractivity contribution is 0.0685. The summed E-state index contributed by atoms with van der Waals surface area (Å²) in [6.07, 6.45) is -1.88. The summed E-state index contributed by atoms with van der Waals surface area (Å²) in [5.74, 6) is -1.49. The van der Waals surface area contributed by atoms with E-state index in [1.807, 2.05) is 0 Å². The van der Waals surface area contributed by atoms with Crippen molar-refractivity contribution in [3.05, 3.63) is 23.5 Å². The third kappa shape index (κ3) is 1.95. The van der Waals surface area contributed by atoms with Crippen LogP contribution in [0.25, 0.3) is 0 Å².